The molecule has 0 radical (unpaired) electrons. The zero-order valence-corrected chi connectivity index (χ0v) is 8.36. The number of epoxide rings is 1. The predicted octanol–water partition coefficient (Wildman–Crippen LogP) is 0.475. The van der Waals surface area contributed by atoms with Gasteiger partial charge in [-0.25, -0.2) is 0 Å². The van der Waals surface area contributed by atoms with Crippen molar-refractivity contribution in [2.75, 3.05) is 13.6 Å². The van der Waals surface area contributed by atoms with E-state index >= 15 is 0 Å². The largest absolute Gasteiger partial charge is 0.363 e. The number of quaternary nitrogens is 1. The molecule has 3 heterocycles. The maximum atomic E-state index is 9.92. The van der Waals surface area contributed by atoms with Gasteiger partial charge in [-0.1, -0.05) is 0 Å². The van der Waals surface area contributed by atoms with Crippen LogP contribution in [0.25, 0.3) is 0 Å². The van der Waals surface area contributed by atoms with Crippen molar-refractivity contribution in [2.45, 2.75) is 50.2 Å². The van der Waals surface area contributed by atoms with Crippen LogP contribution >= 0.6 is 0 Å². The molecule has 3 aliphatic heterocycles. The van der Waals surface area contributed by atoms with E-state index in [0.29, 0.717) is 12.1 Å². The average molecular weight is 184 g/mol. The fraction of sp³-hybridized carbons (Fsp3) is 1.00. The molecule has 0 aromatic heterocycles. The van der Waals surface area contributed by atoms with Crippen molar-refractivity contribution in [1.82, 2.24) is 0 Å². The molecule has 0 aromatic rings. The summed E-state index contributed by atoms with van der Waals surface area (Å²) in [7, 11) is 2.32. The van der Waals surface area contributed by atoms with E-state index in [1.165, 1.54) is 19.4 Å². The van der Waals surface area contributed by atoms with Crippen molar-refractivity contribution in [3.8, 4) is 0 Å². The summed E-state index contributed by atoms with van der Waals surface area (Å²) < 4.78 is 6.57. The molecule has 0 aromatic carbocycles. The number of aliphatic hydroxyl groups is 1. The van der Waals surface area contributed by atoms with Gasteiger partial charge in [0.15, 0.2) is 6.10 Å². The molecular formula is C10H18NO2+. The molecule has 2 unspecified atom stereocenters. The number of piperidine rings is 1. The Labute approximate surface area is 78.9 Å². The van der Waals surface area contributed by atoms with Crippen molar-refractivity contribution in [2.24, 2.45) is 0 Å². The summed E-state index contributed by atoms with van der Waals surface area (Å²) in [6.07, 6.45) is 3.52. The Morgan fingerprint density at radius 2 is 2.31 bits per heavy atom. The quantitative estimate of drug-likeness (QED) is 0.475. The van der Waals surface area contributed by atoms with Gasteiger partial charge in [-0.3, -0.25) is 0 Å². The highest BCUT2D eigenvalue weighted by Gasteiger charge is 2.72. The molecule has 0 aliphatic carbocycles. The number of nitrogens with zero attached hydrogens (tertiary/aromatic N) is 1. The van der Waals surface area contributed by atoms with E-state index in [9.17, 15) is 5.11 Å². The zero-order chi connectivity index (χ0) is 9.27. The van der Waals surface area contributed by atoms with Crippen LogP contribution in [-0.2, 0) is 4.74 Å². The molecule has 3 fully saturated rings. The van der Waals surface area contributed by atoms with Crippen LogP contribution in [-0.4, -0.2) is 47.2 Å². The monoisotopic (exact) mass is 184 g/mol. The number of ether oxygens (including phenoxy) is 1. The molecule has 3 nitrogen and oxygen atoms in total. The van der Waals surface area contributed by atoms with Crippen molar-refractivity contribution in [3.05, 3.63) is 0 Å². The molecule has 0 saturated carbocycles. The van der Waals surface area contributed by atoms with Crippen LogP contribution in [0.3, 0.4) is 0 Å². The number of hydrogen-bond acceptors (Lipinski definition) is 2. The summed E-state index contributed by atoms with van der Waals surface area (Å²) in [6, 6.07) is 1.20. The fourth-order valence-corrected chi connectivity index (χ4v) is 3.55. The fourth-order valence-electron chi connectivity index (χ4n) is 3.55. The van der Waals surface area contributed by atoms with Gasteiger partial charge in [0.2, 0.25) is 5.79 Å². The first-order chi connectivity index (χ1) is 6.10. The molecule has 3 saturated heterocycles. The molecule has 3 rings (SSSR count). The van der Waals surface area contributed by atoms with Gasteiger partial charge in [-0.15, -0.1) is 0 Å². The summed E-state index contributed by atoms with van der Waals surface area (Å²) >= 11 is 0. The summed E-state index contributed by atoms with van der Waals surface area (Å²) in [5.74, 6) is -0.710. The molecule has 1 N–H and O–H groups in total. The summed E-state index contributed by atoms with van der Waals surface area (Å²) in [5.41, 5.74) is 0. The average Bonchev–Trinajstić information content (AvgIpc) is 2.67. The molecule has 0 spiro atoms. The second-order valence-electron chi connectivity index (χ2n) is 5.05. The van der Waals surface area contributed by atoms with Gasteiger partial charge >= 0.3 is 0 Å². The minimum absolute atomic E-state index is 0.149. The van der Waals surface area contributed by atoms with Gasteiger partial charge in [-0.05, 0) is 6.92 Å². The lowest BCUT2D eigenvalue weighted by Crippen LogP contribution is -2.60. The first-order valence-corrected chi connectivity index (χ1v) is 5.35. The van der Waals surface area contributed by atoms with E-state index in [2.05, 4.69) is 14.0 Å². The molecule has 13 heavy (non-hydrogen) atoms. The molecule has 2 bridgehead atoms. The highest BCUT2D eigenvalue weighted by Crippen LogP contribution is 2.55. The van der Waals surface area contributed by atoms with Gasteiger partial charge in [0.1, 0.15) is 6.04 Å². The molecule has 74 valence electrons. The molecular weight excluding hydrogens is 166 g/mol. The van der Waals surface area contributed by atoms with Crippen LogP contribution in [0.15, 0.2) is 0 Å². The van der Waals surface area contributed by atoms with Crippen LogP contribution in [0, 0.1) is 0 Å². The third-order valence-corrected chi connectivity index (χ3v) is 4.66. The third-order valence-electron chi connectivity index (χ3n) is 4.66. The Kier molecular flexibility index (Phi) is 1.33. The predicted molar refractivity (Wildman–Crippen MR) is 48.0 cm³/mol. The SMILES string of the molecule is CC[N+]1(C)[C@H]2CC[C@@H]1C1O[C@@]1(O)C2. The van der Waals surface area contributed by atoms with Crippen LogP contribution in [0.1, 0.15) is 26.2 Å². The number of fused-ring (bicyclic) bond motifs is 4. The van der Waals surface area contributed by atoms with Crippen molar-refractivity contribution >= 4 is 0 Å². The Hall–Kier alpha value is -0.120. The lowest BCUT2D eigenvalue weighted by atomic mass is 9.97. The Bertz CT molecular complexity index is 257. The number of rotatable bonds is 1. The molecule has 3 aliphatic rings. The van der Waals surface area contributed by atoms with Gasteiger partial charge in [0.05, 0.1) is 26.1 Å². The number of likely N-dealkylation sites (N-methyl/N-ethyl adjacent to an activating group) is 1. The highest BCUT2D eigenvalue weighted by atomic mass is 16.7. The third kappa shape index (κ3) is 0.808. The van der Waals surface area contributed by atoms with Crippen molar-refractivity contribution < 1.29 is 14.3 Å². The minimum atomic E-state index is -0.710. The lowest BCUT2D eigenvalue weighted by molar-refractivity contribution is -0.946. The summed E-state index contributed by atoms with van der Waals surface area (Å²) in [5, 5.41) is 9.92. The van der Waals surface area contributed by atoms with E-state index in [0.717, 1.165) is 10.9 Å². The first kappa shape index (κ1) is 8.21. The Morgan fingerprint density at radius 1 is 1.54 bits per heavy atom. The Balaban J connectivity index is 1.96. The van der Waals surface area contributed by atoms with Crippen molar-refractivity contribution in [3.63, 3.8) is 0 Å². The first-order valence-electron chi connectivity index (χ1n) is 5.35. The lowest BCUT2D eigenvalue weighted by Gasteiger charge is -2.43. The topological polar surface area (TPSA) is 32.8 Å². The van der Waals surface area contributed by atoms with Crippen molar-refractivity contribution in [1.29, 1.82) is 0 Å². The second kappa shape index (κ2) is 2.10. The molecule has 5 atom stereocenters. The van der Waals surface area contributed by atoms with Crippen LogP contribution < -0.4 is 0 Å². The normalized spacial score (nSPS) is 63.5. The Morgan fingerprint density at radius 3 is 3.00 bits per heavy atom. The smallest absolute Gasteiger partial charge is 0.204 e. The van der Waals surface area contributed by atoms with Crippen LogP contribution in [0.2, 0.25) is 0 Å². The van der Waals surface area contributed by atoms with E-state index < -0.39 is 5.79 Å². The summed E-state index contributed by atoms with van der Waals surface area (Å²) in [6.45, 7) is 3.42. The summed E-state index contributed by atoms with van der Waals surface area (Å²) in [4.78, 5) is 0. The van der Waals surface area contributed by atoms with Gasteiger partial charge in [0, 0.05) is 12.8 Å². The second-order valence-corrected chi connectivity index (χ2v) is 5.05. The number of hydrogen-bond donors (Lipinski definition) is 1. The van der Waals surface area contributed by atoms with E-state index in [1.54, 1.807) is 0 Å². The standard InChI is InChI=1S/C10H18NO2/c1-3-11(2)7-4-5-8(11)9-10(12,6-7)13-9/h7-9,12H,3-6H2,1-2H3/q+1/t7-,8+,9?,10-,11?/m0/s1. The molecule has 0 amide bonds. The molecule has 3 heteroatoms. The highest BCUT2D eigenvalue weighted by molar-refractivity contribution is 5.07. The van der Waals surface area contributed by atoms with E-state index in [1.807, 2.05) is 0 Å². The van der Waals surface area contributed by atoms with Crippen LogP contribution in [0.5, 0.6) is 0 Å². The minimum Gasteiger partial charge on any atom is -0.363 e. The van der Waals surface area contributed by atoms with Gasteiger partial charge in [0.25, 0.3) is 0 Å². The van der Waals surface area contributed by atoms with Crippen LogP contribution in [0.4, 0.5) is 0 Å². The van der Waals surface area contributed by atoms with Gasteiger partial charge < -0.3 is 14.3 Å². The zero-order valence-electron chi connectivity index (χ0n) is 8.36. The maximum absolute atomic E-state index is 9.92. The van der Waals surface area contributed by atoms with Gasteiger partial charge in [-0.2, -0.15) is 0 Å². The maximum Gasteiger partial charge on any atom is 0.204 e. The van der Waals surface area contributed by atoms with E-state index in [4.69, 9.17) is 4.74 Å². The van der Waals surface area contributed by atoms with E-state index in [-0.39, 0.29) is 6.10 Å².